The largest absolute Gasteiger partial charge is 0.321 e. The van der Waals surface area contributed by atoms with Gasteiger partial charge in [0.1, 0.15) is 5.82 Å². The number of aromatic nitrogens is 1. The summed E-state index contributed by atoms with van der Waals surface area (Å²) in [7, 11) is 0. The van der Waals surface area contributed by atoms with Crippen molar-refractivity contribution in [2.75, 3.05) is 10.7 Å². The van der Waals surface area contributed by atoms with Crippen LogP contribution in [0, 0.1) is 0 Å². The van der Waals surface area contributed by atoms with Crippen molar-refractivity contribution in [2.24, 2.45) is 5.84 Å². The Morgan fingerprint density at radius 1 is 1.20 bits per heavy atom. The Balaban J connectivity index is 2.05. The van der Waals surface area contributed by atoms with Gasteiger partial charge in [0.05, 0.1) is 11.3 Å². The molecule has 100 valence electrons. The predicted molar refractivity (Wildman–Crippen MR) is 81.8 cm³/mol. The van der Waals surface area contributed by atoms with Gasteiger partial charge in [-0.05, 0) is 16.8 Å². The quantitative estimate of drug-likeness (QED) is 0.510. The smallest absolute Gasteiger partial charge is 0.257 e. The Bertz CT molecular complexity index is 755. The van der Waals surface area contributed by atoms with E-state index < -0.39 is 0 Å². The fourth-order valence-corrected chi connectivity index (χ4v) is 2.61. The van der Waals surface area contributed by atoms with E-state index in [1.807, 2.05) is 41.1 Å². The molecule has 0 aliphatic carbocycles. The molecule has 0 aliphatic heterocycles. The number of hydrogen-bond acceptors (Lipinski definition) is 5. The summed E-state index contributed by atoms with van der Waals surface area (Å²) < 4.78 is 0. The molecule has 1 aromatic carbocycles. The van der Waals surface area contributed by atoms with Crippen LogP contribution >= 0.6 is 11.3 Å². The number of benzene rings is 1. The Kier molecular flexibility index (Phi) is 3.32. The number of carbonyl (C=O) groups is 1. The molecule has 0 spiro atoms. The third-order valence-electron chi connectivity index (χ3n) is 2.96. The summed E-state index contributed by atoms with van der Waals surface area (Å²) in [6.45, 7) is 0. The van der Waals surface area contributed by atoms with E-state index in [4.69, 9.17) is 5.84 Å². The van der Waals surface area contributed by atoms with Crippen LogP contribution in [0.1, 0.15) is 10.4 Å². The van der Waals surface area contributed by atoms with E-state index in [1.54, 1.807) is 0 Å². The van der Waals surface area contributed by atoms with Crippen molar-refractivity contribution >= 4 is 39.5 Å². The first-order valence-corrected chi connectivity index (χ1v) is 6.92. The topological polar surface area (TPSA) is 80.0 Å². The zero-order valence-corrected chi connectivity index (χ0v) is 11.3. The van der Waals surface area contributed by atoms with E-state index in [-0.39, 0.29) is 5.91 Å². The molecule has 4 N–H and O–H groups in total. The van der Waals surface area contributed by atoms with Gasteiger partial charge in [0.15, 0.2) is 0 Å². The Morgan fingerprint density at radius 3 is 2.70 bits per heavy atom. The molecule has 0 radical (unpaired) electrons. The van der Waals surface area contributed by atoms with Gasteiger partial charge in [-0.15, -0.1) is 0 Å². The highest BCUT2D eigenvalue weighted by molar-refractivity contribution is 7.08. The molecule has 0 fully saturated rings. The number of rotatable bonds is 3. The lowest BCUT2D eigenvalue weighted by Crippen LogP contribution is -2.14. The molecule has 6 heteroatoms. The van der Waals surface area contributed by atoms with Gasteiger partial charge in [-0.3, -0.25) is 4.79 Å². The number of carbonyl (C=O) groups excluding carboxylic acids is 1. The third kappa shape index (κ3) is 2.22. The second-order valence-corrected chi connectivity index (χ2v) is 4.96. The van der Waals surface area contributed by atoms with Crippen molar-refractivity contribution in [2.45, 2.75) is 0 Å². The summed E-state index contributed by atoms with van der Waals surface area (Å²) in [4.78, 5) is 16.5. The average Bonchev–Trinajstić information content (AvgIpc) is 2.99. The van der Waals surface area contributed by atoms with Gasteiger partial charge in [-0.1, -0.05) is 24.3 Å². The SMILES string of the molecule is NNc1ncc(C(=O)Nc2ccsc2)c2ccccc12. The van der Waals surface area contributed by atoms with Gasteiger partial charge in [-0.2, -0.15) is 11.3 Å². The second kappa shape index (κ2) is 5.28. The molecule has 0 saturated carbocycles. The van der Waals surface area contributed by atoms with Crippen LogP contribution in [0.15, 0.2) is 47.3 Å². The molecule has 0 atom stereocenters. The minimum atomic E-state index is -0.185. The van der Waals surface area contributed by atoms with E-state index in [2.05, 4.69) is 15.7 Å². The Labute approximate surface area is 119 Å². The van der Waals surface area contributed by atoms with Crippen LogP contribution in [0.4, 0.5) is 11.5 Å². The number of pyridine rings is 1. The molecular formula is C14H12N4OS. The van der Waals surface area contributed by atoms with Crippen molar-refractivity contribution in [3.63, 3.8) is 0 Å². The summed E-state index contributed by atoms with van der Waals surface area (Å²) in [5.74, 6) is 5.80. The lowest BCUT2D eigenvalue weighted by atomic mass is 10.1. The van der Waals surface area contributed by atoms with Gasteiger partial charge >= 0.3 is 0 Å². The maximum atomic E-state index is 12.3. The summed E-state index contributed by atoms with van der Waals surface area (Å²) in [5.41, 5.74) is 3.84. The van der Waals surface area contributed by atoms with E-state index in [0.717, 1.165) is 16.5 Å². The number of hydrogen-bond donors (Lipinski definition) is 3. The summed E-state index contributed by atoms with van der Waals surface area (Å²) >= 11 is 1.53. The lowest BCUT2D eigenvalue weighted by Gasteiger charge is -2.09. The lowest BCUT2D eigenvalue weighted by molar-refractivity contribution is 0.102. The van der Waals surface area contributed by atoms with E-state index in [9.17, 15) is 4.79 Å². The van der Waals surface area contributed by atoms with E-state index >= 15 is 0 Å². The third-order valence-corrected chi connectivity index (χ3v) is 3.64. The molecule has 0 unspecified atom stereocenters. The molecule has 0 aliphatic rings. The van der Waals surface area contributed by atoms with Crippen LogP contribution in [0.5, 0.6) is 0 Å². The minimum absolute atomic E-state index is 0.185. The molecule has 0 bridgehead atoms. The highest BCUT2D eigenvalue weighted by Crippen LogP contribution is 2.24. The minimum Gasteiger partial charge on any atom is -0.321 e. The summed E-state index contributed by atoms with van der Waals surface area (Å²) in [6.07, 6.45) is 1.53. The standard InChI is InChI=1S/C14H12N4OS/c15-18-13-11-4-2-1-3-10(11)12(7-16-13)14(19)17-9-5-6-20-8-9/h1-8H,15H2,(H,16,18)(H,17,19). The molecule has 5 nitrogen and oxygen atoms in total. The number of nitrogen functional groups attached to an aromatic ring is 1. The number of fused-ring (bicyclic) bond motifs is 1. The number of nitrogens with two attached hydrogens (primary N) is 1. The molecule has 3 aromatic rings. The van der Waals surface area contributed by atoms with Gasteiger partial charge in [-0.25, -0.2) is 10.8 Å². The van der Waals surface area contributed by atoms with Crippen molar-refractivity contribution in [1.29, 1.82) is 0 Å². The van der Waals surface area contributed by atoms with E-state index in [0.29, 0.717) is 11.4 Å². The molecule has 20 heavy (non-hydrogen) atoms. The van der Waals surface area contributed by atoms with Crippen molar-refractivity contribution in [1.82, 2.24) is 4.98 Å². The summed E-state index contributed by atoms with van der Waals surface area (Å²) in [5, 5.41) is 8.26. The molecule has 1 amide bonds. The molecule has 0 saturated heterocycles. The van der Waals surface area contributed by atoms with Gasteiger partial charge in [0.2, 0.25) is 0 Å². The van der Waals surface area contributed by atoms with E-state index in [1.165, 1.54) is 17.5 Å². The number of hydrazine groups is 1. The first-order valence-electron chi connectivity index (χ1n) is 5.97. The number of anilines is 2. The van der Waals surface area contributed by atoms with Gasteiger partial charge in [0.25, 0.3) is 5.91 Å². The monoisotopic (exact) mass is 284 g/mol. The maximum Gasteiger partial charge on any atom is 0.257 e. The highest BCUT2D eigenvalue weighted by Gasteiger charge is 2.13. The fraction of sp³-hybridized carbons (Fsp3) is 0. The van der Waals surface area contributed by atoms with Gasteiger partial charge < -0.3 is 10.7 Å². The fourth-order valence-electron chi connectivity index (χ4n) is 2.02. The van der Waals surface area contributed by atoms with Crippen LogP contribution in [-0.4, -0.2) is 10.9 Å². The van der Waals surface area contributed by atoms with Crippen LogP contribution in [0.2, 0.25) is 0 Å². The predicted octanol–water partition coefficient (Wildman–Crippen LogP) is 2.83. The number of thiophene rings is 1. The van der Waals surface area contributed by atoms with Crippen molar-refractivity contribution in [3.05, 3.63) is 52.9 Å². The summed E-state index contributed by atoms with van der Waals surface area (Å²) in [6, 6.07) is 9.36. The van der Waals surface area contributed by atoms with Crippen LogP contribution in [-0.2, 0) is 0 Å². The Hall–Kier alpha value is -2.44. The Morgan fingerprint density at radius 2 is 2.00 bits per heavy atom. The highest BCUT2D eigenvalue weighted by atomic mass is 32.1. The molecule has 2 aromatic heterocycles. The average molecular weight is 284 g/mol. The van der Waals surface area contributed by atoms with Crippen LogP contribution in [0.25, 0.3) is 10.8 Å². The zero-order chi connectivity index (χ0) is 13.9. The maximum absolute atomic E-state index is 12.3. The first kappa shape index (κ1) is 12.6. The zero-order valence-electron chi connectivity index (χ0n) is 10.5. The number of nitrogens with one attached hydrogen (secondary N) is 2. The van der Waals surface area contributed by atoms with Crippen LogP contribution in [0.3, 0.4) is 0 Å². The molecule has 3 rings (SSSR count). The first-order chi connectivity index (χ1) is 9.79. The molecule has 2 heterocycles. The van der Waals surface area contributed by atoms with Crippen molar-refractivity contribution < 1.29 is 4.79 Å². The van der Waals surface area contributed by atoms with Crippen LogP contribution < -0.4 is 16.6 Å². The van der Waals surface area contributed by atoms with Crippen molar-refractivity contribution in [3.8, 4) is 0 Å². The van der Waals surface area contributed by atoms with Gasteiger partial charge in [0, 0.05) is 17.0 Å². The number of amides is 1. The second-order valence-electron chi connectivity index (χ2n) is 4.18. The molecular weight excluding hydrogens is 272 g/mol. The number of nitrogens with zero attached hydrogens (tertiary/aromatic N) is 1. The normalized spacial score (nSPS) is 10.4.